The van der Waals surface area contributed by atoms with Crippen LogP contribution in [0.5, 0.6) is 5.75 Å². The number of hydrogen-bond acceptors (Lipinski definition) is 3. The van der Waals surface area contributed by atoms with E-state index in [1.807, 2.05) is 32.9 Å². The van der Waals surface area contributed by atoms with E-state index in [1.54, 1.807) is 12.1 Å². The maximum atomic E-state index is 11.9. The fraction of sp³-hybridized carbons (Fsp3) is 0.562. The van der Waals surface area contributed by atoms with Gasteiger partial charge in [0.05, 0.1) is 0 Å². The summed E-state index contributed by atoms with van der Waals surface area (Å²) < 4.78 is 5.31. The topological polar surface area (TPSA) is 58.6 Å². The summed E-state index contributed by atoms with van der Waals surface area (Å²) in [6, 6.07) is 7.34. The lowest BCUT2D eigenvalue weighted by molar-refractivity contribution is 0.0501. The van der Waals surface area contributed by atoms with Gasteiger partial charge >= 0.3 is 6.09 Å². The smallest absolute Gasteiger partial charge is 0.407 e. The van der Waals surface area contributed by atoms with Crippen molar-refractivity contribution in [2.45, 2.75) is 57.6 Å². The number of alkyl carbamates (subject to hydrolysis) is 1. The second-order valence-electron chi connectivity index (χ2n) is 6.38. The molecule has 0 unspecified atom stereocenters. The highest BCUT2D eigenvalue weighted by Gasteiger charge is 2.31. The van der Waals surface area contributed by atoms with Crippen LogP contribution in [-0.4, -0.2) is 22.8 Å². The molecule has 1 aliphatic rings. The average Bonchev–Trinajstić information content (AvgIpc) is 2.75. The summed E-state index contributed by atoms with van der Waals surface area (Å²) in [5.41, 5.74) is 0.679. The van der Waals surface area contributed by atoms with Crippen molar-refractivity contribution in [1.29, 1.82) is 0 Å². The third kappa shape index (κ3) is 3.89. The summed E-state index contributed by atoms with van der Waals surface area (Å²) in [6.45, 7) is 5.58. The quantitative estimate of drug-likeness (QED) is 0.869. The van der Waals surface area contributed by atoms with Gasteiger partial charge in [0.25, 0.3) is 0 Å². The number of rotatable bonds is 2. The van der Waals surface area contributed by atoms with Crippen LogP contribution in [0.25, 0.3) is 0 Å². The number of phenols is 1. The van der Waals surface area contributed by atoms with E-state index < -0.39 is 5.60 Å². The summed E-state index contributed by atoms with van der Waals surface area (Å²) in [6.07, 6.45) is 2.75. The first-order valence-electron chi connectivity index (χ1n) is 7.13. The van der Waals surface area contributed by atoms with Crippen molar-refractivity contribution in [3.8, 4) is 5.75 Å². The number of ether oxygens (including phenoxy) is 1. The van der Waals surface area contributed by atoms with Crippen molar-refractivity contribution in [3.63, 3.8) is 0 Å². The van der Waals surface area contributed by atoms with E-state index in [1.165, 1.54) is 0 Å². The van der Waals surface area contributed by atoms with E-state index in [0.29, 0.717) is 5.92 Å². The molecule has 1 aromatic carbocycles. The minimum atomic E-state index is -0.475. The van der Waals surface area contributed by atoms with Gasteiger partial charge in [-0.25, -0.2) is 4.79 Å². The zero-order valence-electron chi connectivity index (χ0n) is 12.3. The Kier molecular flexibility index (Phi) is 4.21. The monoisotopic (exact) mass is 277 g/mol. The fourth-order valence-corrected chi connectivity index (χ4v) is 2.71. The van der Waals surface area contributed by atoms with Gasteiger partial charge in [-0.1, -0.05) is 18.6 Å². The molecule has 0 bridgehead atoms. The highest BCUT2D eigenvalue weighted by atomic mass is 16.6. The fourth-order valence-electron chi connectivity index (χ4n) is 2.71. The van der Waals surface area contributed by atoms with Crippen LogP contribution in [0, 0.1) is 0 Å². The second kappa shape index (κ2) is 5.73. The van der Waals surface area contributed by atoms with Crippen molar-refractivity contribution in [2.24, 2.45) is 0 Å². The number of aromatic hydroxyl groups is 1. The van der Waals surface area contributed by atoms with Crippen LogP contribution in [0.4, 0.5) is 4.79 Å². The van der Waals surface area contributed by atoms with Crippen molar-refractivity contribution in [3.05, 3.63) is 29.8 Å². The Bertz CT molecular complexity index is 462. The van der Waals surface area contributed by atoms with Crippen molar-refractivity contribution >= 4 is 6.09 Å². The van der Waals surface area contributed by atoms with Crippen LogP contribution in [0.1, 0.15) is 51.5 Å². The van der Waals surface area contributed by atoms with E-state index in [4.69, 9.17) is 4.74 Å². The molecule has 0 saturated heterocycles. The Balaban J connectivity index is 2.00. The molecule has 1 amide bonds. The summed E-state index contributed by atoms with van der Waals surface area (Å²) in [5.74, 6) is 0.562. The van der Waals surface area contributed by atoms with Gasteiger partial charge in [0.15, 0.2) is 0 Å². The van der Waals surface area contributed by atoms with E-state index >= 15 is 0 Å². The van der Waals surface area contributed by atoms with Gasteiger partial charge in [-0.05, 0) is 51.3 Å². The number of benzene rings is 1. The molecule has 4 nitrogen and oxygen atoms in total. The first-order valence-corrected chi connectivity index (χ1v) is 7.13. The molecule has 2 atom stereocenters. The zero-order valence-corrected chi connectivity index (χ0v) is 12.3. The van der Waals surface area contributed by atoms with Crippen LogP contribution in [0.3, 0.4) is 0 Å². The first kappa shape index (κ1) is 14.7. The van der Waals surface area contributed by atoms with Gasteiger partial charge in [-0.2, -0.15) is 0 Å². The summed E-state index contributed by atoms with van der Waals surface area (Å²) in [5, 5.41) is 12.3. The number of carbonyl (C=O) groups is 1. The minimum absolute atomic E-state index is 0.106. The first-order chi connectivity index (χ1) is 9.35. The molecule has 0 aromatic heterocycles. The van der Waals surface area contributed by atoms with Gasteiger partial charge in [-0.3, -0.25) is 0 Å². The zero-order chi connectivity index (χ0) is 14.8. The highest BCUT2D eigenvalue weighted by molar-refractivity contribution is 5.68. The van der Waals surface area contributed by atoms with E-state index in [9.17, 15) is 9.90 Å². The van der Waals surface area contributed by atoms with Crippen LogP contribution in [0.15, 0.2) is 24.3 Å². The number of phenolic OH excluding ortho intramolecular Hbond substituents is 1. The lowest BCUT2D eigenvalue weighted by Crippen LogP contribution is -2.40. The van der Waals surface area contributed by atoms with Gasteiger partial charge < -0.3 is 15.2 Å². The van der Waals surface area contributed by atoms with Crippen LogP contribution in [0.2, 0.25) is 0 Å². The lowest BCUT2D eigenvalue weighted by Gasteiger charge is -2.25. The predicted octanol–water partition coefficient (Wildman–Crippen LogP) is 3.55. The van der Waals surface area contributed by atoms with Gasteiger partial charge in [0, 0.05) is 12.0 Å². The summed E-state index contributed by atoms with van der Waals surface area (Å²) in [7, 11) is 0. The maximum absolute atomic E-state index is 11.9. The molecule has 2 rings (SSSR count). The molecule has 0 spiro atoms. The predicted molar refractivity (Wildman–Crippen MR) is 77.9 cm³/mol. The number of hydrogen-bond donors (Lipinski definition) is 2. The van der Waals surface area contributed by atoms with E-state index in [2.05, 4.69) is 5.32 Å². The Morgan fingerprint density at radius 2 is 1.90 bits per heavy atom. The lowest BCUT2D eigenvalue weighted by atomic mass is 9.94. The minimum Gasteiger partial charge on any atom is -0.508 e. The Morgan fingerprint density at radius 1 is 1.25 bits per heavy atom. The molecule has 1 aromatic rings. The second-order valence-corrected chi connectivity index (χ2v) is 6.38. The largest absolute Gasteiger partial charge is 0.508 e. The molecular formula is C16H23NO3. The van der Waals surface area contributed by atoms with Crippen LogP contribution in [-0.2, 0) is 4.74 Å². The summed E-state index contributed by atoms with van der Waals surface area (Å²) >= 11 is 0. The maximum Gasteiger partial charge on any atom is 0.407 e. The molecule has 20 heavy (non-hydrogen) atoms. The normalized spacial score (nSPS) is 22.6. The average molecular weight is 277 g/mol. The van der Waals surface area contributed by atoms with Gasteiger partial charge in [-0.15, -0.1) is 0 Å². The molecule has 4 heteroatoms. The van der Waals surface area contributed by atoms with Gasteiger partial charge in [0.1, 0.15) is 11.4 Å². The third-order valence-corrected chi connectivity index (χ3v) is 3.54. The van der Waals surface area contributed by atoms with Crippen LogP contribution >= 0.6 is 0 Å². The Morgan fingerprint density at radius 3 is 2.50 bits per heavy atom. The molecule has 1 aliphatic carbocycles. The molecule has 0 heterocycles. The molecule has 2 N–H and O–H groups in total. The highest BCUT2D eigenvalue weighted by Crippen LogP contribution is 2.35. The Hall–Kier alpha value is -1.71. The molecule has 1 saturated carbocycles. The molecule has 0 aliphatic heterocycles. The van der Waals surface area contributed by atoms with Gasteiger partial charge in [0.2, 0.25) is 0 Å². The molecule has 110 valence electrons. The van der Waals surface area contributed by atoms with Crippen molar-refractivity contribution in [1.82, 2.24) is 5.32 Å². The Labute approximate surface area is 120 Å². The van der Waals surface area contributed by atoms with Crippen molar-refractivity contribution < 1.29 is 14.6 Å². The third-order valence-electron chi connectivity index (χ3n) is 3.54. The number of nitrogens with one attached hydrogen (secondary N) is 1. The summed E-state index contributed by atoms with van der Waals surface area (Å²) in [4.78, 5) is 11.9. The number of amides is 1. The molecule has 1 fully saturated rings. The molecule has 0 radical (unpaired) electrons. The van der Waals surface area contributed by atoms with Crippen molar-refractivity contribution in [2.75, 3.05) is 0 Å². The standard InChI is InChI=1S/C16H23NO3/c1-16(2,3)20-15(19)17-14-6-4-5-13(14)11-7-9-12(18)10-8-11/h7-10,13-14,18H,4-6H2,1-3H3,(H,17,19)/t13-,14-/m0/s1. The van der Waals surface area contributed by atoms with Crippen LogP contribution < -0.4 is 5.32 Å². The number of carbonyl (C=O) groups excluding carboxylic acids is 1. The van der Waals surface area contributed by atoms with E-state index in [-0.39, 0.29) is 17.9 Å². The SMILES string of the molecule is CC(C)(C)OC(=O)N[C@H]1CCC[C@H]1c1ccc(O)cc1. The van der Waals surface area contributed by atoms with E-state index in [0.717, 1.165) is 24.8 Å². The molecular weight excluding hydrogens is 254 g/mol.